The molecule has 2 rings (SSSR count). The number of aliphatic carboxylic acids is 4. The zero-order valence-corrected chi connectivity index (χ0v) is 19.4. The fraction of sp³-hybridized carbons (Fsp3) is 0.160. The Balaban J connectivity index is 0.000000634. The Labute approximate surface area is 207 Å². The molecule has 0 aliphatic heterocycles. The number of amides is 1. The molecule has 2 aromatic carbocycles. The highest BCUT2D eigenvalue weighted by atomic mass is 16.4. The van der Waals surface area contributed by atoms with E-state index in [2.05, 4.69) is 17.4 Å². The molecule has 0 saturated carbocycles. The molecule has 0 saturated heterocycles. The van der Waals surface area contributed by atoms with Crippen LogP contribution in [0.25, 0.3) is 0 Å². The van der Waals surface area contributed by atoms with Crippen LogP contribution in [0.2, 0.25) is 0 Å². The van der Waals surface area contributed by atoms with Crippen molar-refractivity contribution in [1.82, 2.24) is 5.32 Å². The number of nitrogens with two attached hydrogens (primary N) is 1. The first kappa shape index (κ1) is 31.2. The van der Waals surface area contributed by atoms with Gasteiger partial charge in [-0.1, -0.05) is 60.7 Å². The minimum Gasteiger partial charge on any atom is -0.478 e. The van der Waals surface area contributed by atoms with Crippen LogP contribution in [0.5, 0.6) is 0 Å². The lowest BCUT2D eigenvalue weighted by Crippen LogP contribution is -2.47. The highest BCUT2D eigenvalue weighted by Gasteiger charge is 2.28. The van der Waals surface area contributed by atoms with Gasteiger partial charge in [0, 0.05) is 24.3 Å². The lowest BCUT2D eigenvalue weighted by molar-refractivity contribution is -0.134. The Kier molecular flexibility index (Phi) is 14.6. The van der Waals surface area contributed by atoms with Gasteiger partial charge in [-0.2, -0.15) is 0 Å². The maximum absolute atomic E-state index is 11.8. The summed E-state index contributed by atoms with van der Waals surface area (Å²) >= 11 is 0. The summed E-state index contributed by atoms with van der Waals surface area (Å²) in [5, 5.41) is 34.3. The average molecular weight is 501 g/mol. The molecule has 11 heteroatoms. The van der Waals surface area contributed by atoms with E-state index in [1.54, 1.807) is 0 Å². The summed E-state index contributed by atoms with van der Waals surface area (Å²) in [6.45, 7) is 2.03. The van der Waals surface area contributed by atoms with Gasteiger partial charge in [-0.15, -0.1) is 0 Å². The zero-order valence-electron chi connectivity index (χ0n) is 19.4. The van der Waals surface area contributed by atoms with E-state index < -0.39 is 29.4 Å². The molecular weight excluding hydrogens is 472 g/mol. The largest absolute Gasteiger partial charge is 0.478 e. The molecule has 0 spiro atoms. The molecule has 0 aromatic heterocycles. The molecule has 0 heterocycles. The molecule has 1 atom stereocenters. The SMILES string of the molecule is CC(Cc1ccccc1)(NC(=O)CN)c1ccccc1.O=C(O)/C=C/C(=O)O.O=C(O)/C=C/C(=O)O. The highest BCUT2D eigenvalue weighted by molar-refractivity contribution is 5.90. The molecule has 0 aliphatic rings. The van der Waals surface area contributed by atoms with Gasteiger partial charge < -0.3 is 31.5 Å². The summed E-state index contributed by atoms with van der Waals surface area (Å²) in [6.07, 6.45) is 2.96. The molecule has 0 fully saturated rings. The van der Waals surface area contributed by atoms with Crippen molar-refractivity contribution in [1.29, 1.82) is 0 Å². The number of carboxylic acid groups (broad SMARTS) is 4. The summed E-state index contributed by atoms with van der Waals surface area (Å²) in [7, 11) is 0. The number of carbonyl (C=O) groups is 5. The Morgan fingerprint density at radius 3 is 1.42 bits per heavy atom. The number of hydrogen-bond donors (Lipinski definition) is 6. The minimum absolute atomic E-state index is 0.00276. The van der Waals surface area contributed by atoms with Gasteiger partial charge in [0.25, 0.3) is 0 Å². The lowest BCUT2D eigenvalue weighted by Gasteiger charge is -2.31. The predicted octanol–water partition coefficient (Wildman–Crippen LogP) is 1.64. The molecule has 0 bridgehead atoms. The predicted molar refractivity (Wildman–Crippen MR) is 130 cm³/mol. The van der Waals surface area contributed by atoms with Crippen LogP contribution in [0, 0.1) is 0 Å². The normalized spacial score (nSPS) is 11.7. The molecule has 0 aliphatic carbocycles. The van der Waals surface area contributed by atoms with Crippen molar-refractivity contribution in [2.75, 3.05) is 6.54 Å². The number of carbonyl (C=O) groups excluding carboxylic acids is 1. The van der Waals surface area contributed by atoms with Crippen LogP contribution in [0.1, 0.15) is 18.1 Å². The Hall–Kier alpha value is -4.77. The van der Waals surface area contributed by atoms with Crippen LogP contribution in [0.3, 0.4) is 0 Å². The quantitative estimate of drug-likeness (QED) is 0.275. The van der Waals surface area contributed by atoms with Crippen LogP contribution in [-0.4, -0.2) is 56.8 Å². The summed E-state index contributed by atoms with van der Waals surface area (Å²) in [5.74, 6) is -5.17. The van der Waals surface area contributed by atoms with Crippen molar-refractivity contribution in [3.8, 4) is 0 Å². The lowest BCUT2D eigenvalue weighted by atomic mass is 9.85. The smallest absolute Gasteiger partial charge is 0.328 e. The van der Waals surface area contributed by atoms with Crippen LogP contribution < -0.4 is 11.1 Å². The third-order valence-electron chi connectivity index (χ3n) is 4.15. The van der Waals surface area contributed by atoms with Crippen molar-refractivity contribution in [3.63, 3.8) is 0 Å². The van der Waals surface area contributed by atoms with Crippen molar-refractivity contribution in [2.24, 2.45) is 5.73 Å². The average Bonchev–Trinajstić information content (AvgIpc) is 2.83. The monoisotopic (exact) mass is 500 g/mol. The summed E-state index contributed by atoms with van der Waals surface area (Å²) < 4.78 is 0. The van der Waals surface area contributed by atoms with Gasteiger partial charge in [0.05, 0.1) is 12.1 Å². The van der Waals surface area contributed by atoms with Crippen molar-refractivity contribution >= 4 is 29.8 Å². The number of nitrogens with one attached hydrogen (secondary N) is 1. The van der Waals surface area contributed by atoms with Crippen molar-refractivity contribution in [2.45, 2.75) is 18.9 Å². The van der Waals surface area contributed by atoms with E-state index >= 15 is 0 Å². The maximum atomic E-state index is 11.8. The van der Waals surface area contributed by atoms with E-state index in [0.717, 1.165) is 12.0 Å². The third-order valence-corrected chi connectivity index (χ3v) is 4.15. The first-order valence-corrected chi connectivity index (χ1v) is 10.3. The summed E-state index contributed by atoms with van der Waals surface area (Å²) in [5.41, 5.74) is 7.23. The van der Waals surface area contributed by atoms with E-state index in [9.17, 15) is 24.0 Å². The molecule has 1 amide bonds. The third kappa shape index (κ3) is 15.1. The van der Waals surface area contributed by atoms with Crippen LogP contribution in [0.15, 0.2) is 85.0 Å². The first-order chi connectivity index (χ1) is 16.9. The Bertz CT molecular complexity index is 1000. The van der Waals surface area contributed by atoms with Gasteiger partial charge >= 0.3 is 23.9 Å². The second-order valence-corrected chi connectivity index (χ2v) is 7.13. The number of carboxylic acids is 4. The van der Waals surface area contributed by atoms with E-state index in [4.69, 9.17) is 26.2 Å². The molecule has 0 radical (unpaired) electrons. The molecule has 2 aromatic rings. The summed E-state index contributed by atoms with van der Waals surface area (Å²) in [4.78, 5) is 50.0. The van der Waals surface area contributed by atoms with Gasteiger partial charge in [-0.3, -0.25) is 4.79 Å². The number of rotatable bonds is 9. The molecule has 1 unspecified atom stereocenters. The maximum Gasteiger partial charge on any atom is 0.328 e. The van der Waals surface area contributed by atoms with Crippen molar-refractivity contribution in [3.05, 3.63) is 96.1 Å². The minimum atomic E-state index is -1.26. The van der Waals surface area contributed by atoms with Crippen LogP contribution in [0.4, 0.5) is 0 Å². The van der Waals surface area contributed by atoms with Crippen LogP contribution >= 0.6 is 0 Å². The van der Waals surface area contributed by atoms with Gasteiger partial charge in [0.1, 0.15) is 0 Å². The molecule has 192 valence electrons. The second-order valence-electron chi connectivity index (χ2n) is 7.13. The first-order valence-electron chi connectivity index (χ1n) is 10.3. The van der Waals surface area contributed by atoms with E-state index in [-0.39, 0.29) is 12.5 Å². The van der Waals surface area contributed by atoms with Crippen molar-refractivity contribution < 1.29 is 44.4 Å². The topological polar surface area (TPSA) is 204 Å². The summed E-state index contributed by atoms with van der Waals surface area (Å²) in [6, 6.07) is 20.1. The molecule has 36 heavy (non-hydrogen) atoms. The second kappa shape index (κ2) is 16.8. The van der Waals surface area contributed by atoms with Crippen LogP contribution in [-0.2, 0) is 35.9 Å². The van der Waals surface area contributed by atoms with Gasteiger partial charge in [0.2, 0.25) is 5.91 Å². The van der Waals surface area contributed by atoms with Gasteiger partial charge in [-0.25, -0.2) is 19.2 Å². The fourth-order valence-electron chi connectivity index (χ4n) is 2.67. The standard InChI is InChI=1S/C17H20N2O.2C4H4O4/c1-17(19-16(20)13-18,15-10-6-3-7-11-15)12-14-8-4-2-5-9-14;2*5-3(6)1-2-4(7)8/h2-11H,12-13,18H2,1H3,(H,19,20);2*1-2H,(H,5,6)(H,7,8)/b;2*2-1+. The van der Waals surface area contributed by atoms with E-state index in [1.165, 1.54) is 5.56 Å². The highest BCUT2D eigenvalue weighted by Crippen LogP contribution is 2.25. The molecular formula is C25H28N2O9. The van der Waals surface area contributed by atoms with E-state index in [0.29, 0.717) is 24.3 Å². The zero-order chi connectivity index (χ0) is 27.6. The van der Waals surface area contributed by atoms with E-state index in [1.807, 2.05) is 55.5 Å². The number of benzene rings is 2. The fourth-order valence-corrected chi connectivity index (χ4v) is 2.67. The number of hydrogen-bond acceptors (Lipinski definition) is 6. The van der Waals surface area contributed by atoms with Gasteiger partial charge in [-0.05, 0) is 24.5 Å². The Morgan fingerprint density at radius 1 is 0.722 bits per heavy atom. The van der Waals surface area contributed by atoms with Gasteiger partial charge in [0.15, 0.2) is 0 Å². The molecule has 7 N–H and O–H groups in total. The Morgan fingerprint density at radius 2 is 1.08 bits per heavy atom. The molecule has 11 nitrogen and oxygen atoms in total.